The summed E-state index contributed by atoms with van der Waals surface area (Å²) in [6, 6.07) is 25.8. The van der Waals surface area contributed by atoms with E-state index in [0.29, 0.717) is 10.6 Å². The van der Waals surface area contributed by atoms with Gasteiger partial charge in [0.15, 0.2) is 0 Å². The largest absolute Gasteiger partial charge is 0.325 e. The van der Waals surface area contributed by atoms with Crippen LogP contribution in [0.15, 0.2) is 77.8 Å². The second kappa shape index (κ2) is 9.03. The zero-order valence-corrected chi connectivity index (χ0v) is 18.2. The molecule has 3 aromatic carbocycles. The van der Waals surface area contributed by atoms with Crippen LogP contribution in [0.4, 0.5) is 5.69 Å². The van der Waals surface area contributed by atoms with E-state index in [1.807, 2.05) is 80.6 Å². The van der Waals surface area contributed by atoms with Crippen molar-refractivity contribution in [3.05, 3.63) is 89.5 Å². The van der Waals surface area contributed by atoms with Crippen LogP contribution in [-0.4, -0.2) is 16.6 Å². The highest BCUT2D eigenvalue weighted by Gasteiger charge is 2.13. The number of aromatic nitrogens is 1. The monoisotopic (exact) mass is 423 g/mol. The normalized spacial score (nSPS) is 10.6. The number of rotatable bonds is 5. The highest BCUT2D eigenvalue weighted by Crippen LogP contribution is 2.29. The number of pyridine rings is 1. The van der Waals surface area contributed by atoms with Gasteiger partial charge >= 0.3 is 0 Å². The van der Waals surface area contributed by atoms with Crippen LogP contribution in [0.2, 0.25) is 0 Å². The summed E-state index contributed by atoms with van der Waals surface area (Å²) in [5.41, 5.74) is 6.31. The molecule has 1 aromatic heterocycles. The molecule has 0 aliphatic heterocycles. The van der Waals surface area contributed by atoms with Crippen LogP contribution in [0.3, 0.4) is 0 Å². The average molecular weight is 424 g/mol. The van der Waals surface area contributed by atoms with E-state index in [0.717, 1.165) is 38.8 Å². The van der Waals surface area contributed by atoms with Gasteiger partial charge < -0.3 is 5.32 Å². The fourth-order valence-corrected chi connectivity index (χ4v) is 4.35. The Kier molecular flexibility index (Phi) is 6.01. The smallest absolute Gasteiger partial charge is 0.234 e. The number of fused-ring (bicyclic) bond motifs is 1. The second-order valence-electron chi connectivity index (χ2n) is 7.35. The van der Waals surface area contributed by atoms with E-state index in [1.54, 1.807) is 0 Å². The van der Waals surface area contributed by atoms with Crippen molar-refractivity contribution in [2.45, 2.75) is 18.9 Å². The van der Waals surface area contributed by atoms with E-state index in [2.05, 4.69) is 22.4 Å². The van der Waals surface area contributed by atoms with E-state index in [-0.39, 0.29) is 11.7 Å². The van der Waals surface area contributed by atoms with Gasteiger partial charge in [0.1, 0.15) is 11.1 Å². The maximum Gasteiger partial charge on any atom is 0.234 e. The number of hydrogen-bond acceptors (Lipinski definition) is 4. The average Bonchev–Trinajstić information content (AvgIpc) is 2.78. The molecule has 5 heteroatoms. The molecule has 1 N–H and O–H groups in total. The van der Waals surface area contributed by atoms with Crippen LogP contribution in [0.1, 0.15) is 16.7 Å². The summed E-state index contributed by atoms with van der Waals surface area (Å²) in [6.45, 7) is 4.04. The summed E-state index contributed by atoms with van der Waals surface area (Å²) < 4.78 is 0. The number of carbonyl (C=O) groups is 1. The minimum absolute atomic E-state index is 0.139. The Hall–Kier alpha value is -3.62. The summed E-state index contributed by atoms with van der Waals surface area (Å²) in [7, 11) is 0. The zero-order valence-electron chi connectivity index (χ0n) is 17.3. The Morgan fingerprint density at radius 2 is 1.77 bits per heavy atom. The first kappa shape index (κ1) is 20.6. The second-order valence-corrected chi connectivity index (χ2v) is 8.31. The molecule has 0 spiro atoms. The summed E-state index contributed by atoms with van der Waals surface area (Å²) in [6.07, 6.45) is 0. The quantitative estimate of drug-likeness (QED) is 0.393. The molecule has 0 aliphatic carbocycles. The number of amides is 1. The number of hydrogen-bond donors (Lipinski definition) is 1. The molecule has 0 atom stereocenters. The van der Waals surface area contributed by atoms with Crippen LogP contribution in [0.5, 0.6) is 0 Å². The molecule has 1 heterocycles. The van der Waals surface area contributed by atoms with Crippen molar-refractivity contribution in [2.24, 2.45) is 0 Å². The molecule has 0 aliphatic rings. The maximum absolute atomic E-state index is 12.7. The lowest BCUT2D eigenvalue weighted by atomic mass is 10.0. The van der Waals surface area contributed by atoms with Crippen molar-refractivity contribution in [2.75, 3.05) is 11.1 Å². The number of nitrogens with one attached hydrogen (secondary N) is 1. The van der Waals surface area contributed by atoms with E-state index in [1.165, 1.54) is 11.8 Å². The number of anilines is 1. The molecule has 152 valence electrons. The SMILES string of the molecule is Cc1cc(C)c2cc(C#N)c(SCC(=O)Nc3ccccc3-c3ccccc3)nc2c1. The number of thioether (sulfide) groups is 1. The van der Waals surface area contributed by atoms with Crippen LogP contribution in [0.25, 0.3) is 22.0 Å². The van der Waals surface area contributed by atoms with Crippen LogP contribution in [-0.2, 0) is 4.79 Å². The molecule has 0 bridgehead atoms. The summed E-state index contributed by atoms with van der Waals surface area (Å²) >= 11 is 1.28. The lowest BCUT2D eigenvalue weighted by molar-refractivity contribution is -0.113. The van der Waals surface area contributed by atoms with Crippen molar-refractivity contribution in [3.8, 4) is 17.2 Å². The van der Waals surface area contributed by atoms with Gasteiger partial charge in [0, 0.05) is 16.6 Å². The van der Waals surface area contributed by atoms with Gasteiger partial charge in [-0.2, -0.15) is 5.26 Å². The summed E-state index contributed by atoms with van der Waals surface area (Å²) in [5, 5.41) is 14.1. The first-order valence-corrected chi connectivity index (χ1v) is 10.9. The third kappa shape index (κ3) is 4.60. The standard InChI is InChI=1S/C26H21N3OS/c1-17-12-18(2)22-14-20(15-27)26(29-24(22)13-17)31-16-25(30)28-23-11-7-6-10-21(23)19-8-4-3-5-9-19/h3-14H,16H2,1-2H3,(H,28,30). The van der Waals surface area contributed by atoms with Gasteiger partial charge in [0.05, 0.1) is 16.8 Å². The van der Waals surface area contributed by atoms with Crippen molar-refractivity contribution in [1.82, 2.24) is 4.98 Å². The molecule has 4 nitrogen and oxygen atoms in total. The molecule has 0 unspecified atom stereocenters. The van der Waals surface area contributed by atoms with E-state index in [9.17, 15) is 10.1 Å². The third-order valence-electron chi connectivity index (χ3n) is 5.00. The number of nitrogens with zero attached hydrogens (tertiary/aromatic N) is 2. The molecule has 0 fully saturated rings. The minimum Gasteiger partial charge on any atom is -0.325 e. The first-order valence-electron chi connectivity index (χ1n) is 9.94. The van der Waals surface area contributed by atoms with Crippen molar-refractivity contribution in [1.29, 1.82) is 5.26 Å². The molecule has 0 saturated carbocycles. The predicted molar refractivity (Wildman–Crippen MR) is 127 cm³/mol. The summed E-state index contributed by atoms with van der Waals surface area (Å²) in [5.74, 6) is 0.0285. The molecular weight excluding hydrogens is 402 g/mol. The molecule has 0 radical (unpaired) electrons. The Morgan fingerprint density at radius 3 is 2.55 bits per heavy atom. The Morgan fingerprint density at radius 1 is 1.03 bits per heavy atom. The lowest BCUT2D eigenvalue weighted by Crippen LogP contribution is -2.15. The van der Waals surface area contributed by atoms with Gasteiger partial charge in [-0.15, -0.1) is 0 Å². The Balaban J connectivity index is 1.54. The van der Waals surface area contributed by atoms with Crippen LogP contribution in [0, 0.1) is 25.2 Å². The van der Waals surface area contributed by atoms with Crippen LogP contribution >= 0.6 is 11.8 Å². The van der Waals surface area contributed by atoms with Gasteiger partial charge in [-0.3, -0.25) is 4.79 Å². The number of carbonyl (C=O) groups excluding carboxylic acids is 1. The topological polar surface area (TPSA) is 65.8 Å². The van der Waals surface area contributed by atoms with Crippen molar-refractivity contribution in [3.63, 3.8) is 0 Å². The molecular formula is C26H21N3OS. The van der Waals surface area contributed by atoms with E-state index < -0.39 is 0 Å². The minimum atomic E-state index is -0.139. The predicted octanol–water partition coefficient (Wildman–Crippen LogP) is 6.12. The number of para-hydroxylation sites is 1. The maximum atomic E-state index is 12.7. The molecule has 31 heavy (non-hydrogen) atoms. The number of nitriles is 1. The van der Waals surface area contributed by atoms with Gasteiger partial charge in [0.25, 0.3) is 0 Å². The first-order chi connectivity index (χ1) is 15.0. The fourth-order valence-electron chi connectivity index (χ4n) is 3.58. The fraction of sp³-hybridized carbons (Fsp3) is 0.115. The molecule has 4 aromatic rings. The highest BCUT2D eigenvalue weighted by molar-refractivity contribution is 8.00. The lowest BCUT2D eigenvalue weighted by Gasteiger charge is -2.12. The molecule has 1 amide bonds. The molecule has 4 rings (SSSR count). The van der Waals surface area contributed by atoms with E-state index in [4.69, 9.17) is 0 Å². The number of aryl methyl sites for hydroxylation is 2. The Labute approximate surface area is 185 Å². The molecule has 0 saturated heterocycles. The Bertz CT molecular complexity index is 1310. The van der Waals surface area contributed by atoms with Gasteiger partial charge in [-0.25, -0.2) is 4.98 Å². The van der Waals surface area contributed by atoms with E-state index >= 15 is 0 Å². The van der Waals surface area contributed by atoms with Crippen molar-refractivity contribution < 1.29 is 4.79 Å². The van der Waals surface area contributed by atoms with Gasteiger partial charge in [0.2, 0.25) is 5.91 Å². The van der Waals surface area contributed by atoms with Gasteiger partial charge in [-0.05, 0) is 48.7 Å². The van der Waals surface area contributed by atoms with Crippen LogP contribution < -0.4 is 5.32 Å². The third-order valence-corrected chi connectivity index (χ3v) is 5.99. The highest BCUT2D eigenvalue weighted by atomic mass is 32.2. The van der Waals surface area contributed by atoms with Crippen molar-refractivity contribution >= 4 is 34.3 Å². The van der Waals surface area contributed by atoms with Gasteiger partial charge in [-0.1, -0.05) is 66.4 Å². The zero-order chi connectivity index (χ0) is 21.8. The number of benzene rings is 3. The summed E-state index contributed by atoms with van der Waals surface area (Å²) in [4.78, 5) is 17.4.